The number of ether oxygens (including phenoxy) is 2. The second-order valence-corrected chi connectivity index (χ2v) is 27.0. The van der Waals surface area contributed by atoms with Crippen molar-refractivity contribution in [2.75, 3.05) is 6.61 Å². The van der Waals surface area contributed by atoms with E-state index in [0.717, 1.165) is 18.9 Å². The molecule has 95 heavy (non-hydrogen) atoms. The Labute approximate surface area is 562 Å². The molecule has 2 saturated heterocycles. The molecule has 24 heteroatoms. The van der Waals surface area contributed by atoms with Crippen LogP contribution >= 0.6 is 0 Å². The van der Waals surface area contributed by atoms with E-state index in [9.17, 15) is 107 Å². The molecule has 2 heterocycles. The summed E-state index contributed by atoms with van der Waals surface area (Å²) in [7, 11) is 0. The number of aliphatic hydroxyl groups excluding tert-OH is 20. The Morgan fingerprint density at radius 2 is 1.01 bits per heavy atom. The molecule has 2 rings (SSSR count). The number of carbonyl (C=O) groups is 1. The Hall–Kier alpha value is -3.33. The van der Waals surface area contributed by atoms with Gasteiger partial charge in [-0.25, -0.2) is 0 Å². The van der Waals surface area contributed by atoms with Crippen molar-refractivity contribution in [1.82, 2.24) is 0 Å². The smallest absolute Gasteiger partial charge is 0.138 e. The first-order valence-corrected chi connectivity index (χ1v) is 34.2. The van der Waals surface area contributed by atoms with E-state index < -0.39 is 146 Å². The van der Waals surface area contributed by atoms with Crippen molar-refractivity contribution in [1.29, 1.82) is 0 Å². The Morgan fingerprint density at radius 3 is 1.56 bits per heavy atom. The summed E-state index contributed by atoms with van der Waals surface area (Å²) in [5.74, 6) is -0.387. The van der Waals surface area contributed by atoms with E-state index in [-0.39, 0.29) is 120 Å². The lowest BCUT2D eigenvalue weighted by Gasteiger charge is -2.42. The summed E-state index contributed by atoms with van der Waals surface area (Å²) in [6.07, 6.45) is -4.95. The number of carbonyl (C=O) groups excluding carboxylic acids is 1. The predicted octanol–water partition coefficient (Wildman–Crippen LogP) is 1.40. The van der Waals surface area contributed by atoms with E-state index in [0.29, 0.717) is 51.4 Å². The zero-order valence-corrected chi connectivity index (χ0v) is 56.1. The monoisotopic (exact) mass is 1360 g/mol. The van der Waals surface area contributed by atoms with Crippen LogP contribution in [0.4, 0.5) is 0 Å². The molecule has 1 unspecified atom stereocenters. The Morgan fingerprint density at radius 1 is 0.526 bits per heavy atom. The minimum atomic E-state index is -1.83. The Kier molecular flexibility index (Phi) is 44.0. The van der Waals surface area contributed by atoms with Crippen LogP contribution in [0.1, 0.15) is 175 Å². The minimum Gasteiger partial charge on any atom is -0.394 e. The van der Waals surface area contributed by atoms with Crippen LogP contribution in [0, 0.1) is 11.8 Å². The van der Waals surface area contributed by atoms with Crippen molar-refractivity contribution in [3.05, 3.63) is 97.7 Å². The van der Waals surface area contributed by atoms with Gasteiger partial charge in [-0.2, -0.15) is 0 Å². The first-order valence-electron chi connectivity index (χ1n) is 34.2. The number of unbranched alkanes of at least 4 members (excludes halogenated alkanes) is 2. The van der Waals surface area contributed by atoms with Gasteiger partial charge in [0.2, 0.25) is 0 Å². The highest BCUT2D eigenvalue weighted by molar-refractivity contribution is 5.79. The molecule has 0 bridgehead atoms. The minimum absolute atomic E-state index is 0.00173. The van der Waals surface area contributed by atoms with Gasteiger partial charge in [-0.15, -0.1) is 0 Å². The van der Waals surface area contributed by atoms with Crippen molar-refractivity contribution in [3.63, 3.8) is 0 Å². The van der Waals surface area contributed by atoms with Crippen molar-refractivity contribution in [2.45, 2.75) is 321 Å². The van der Waals surface area contributed by atoms with Crippen LogP contribution in [-0.2, 0) is 14.3 Å². The van der Waals surface area contributed by atoms with Gasteiger partial charge < -0.3 is 117 Å². The molecule has 0 aromatic carbocycles. The van der Waals surface area contributed by atoms with Gasteiger partial charge in [0.15, 0.2) is 0 Å². The Balaban J connectivity index is 1.75. The van der Waals surface area contributed by atoms with Crippen LogP contribution < -0.4 is 0 Å². The molecule has 0 aliphatic carbocycles. The highest BCUT2D eigenvalue weighted by atomic mass is 16.6. The highest BCUT2D eigenvalue weighted by Crippen LogP contribution is 2.32. The van der Waals surface area contributed by atoms with E-state index in [2.05, 4.69) is 13.2 Å². The fraction of sp³-hybridized carbons (Fsp3) is 0.761. The average molecular weight is 1360 g/mol. The van der Waals surface area contributed by atoms with E-state index in [1.807, 2.05) is 62.5 Å². The summed E-state index contributed by atoms with van der Waals surface area (Å²) in [6, 6.07) is 0. The van der Waals surface area contributed by atoms with Crippen LogP contribution in [0.2, 0.25) is 0 Å². The molecular formula is C71H122O24. The molecule has 2 fully saturated rings. The Bertz CT molecular complexity index is 2260. The summed E-state index contributed by atoms with van der Waals surface area (Å²) in [5, 5.41) is 223. The molecule has 0 radical (unpaired) electrons. The third kappa shape index (κ3) is 35.5. The topological polar surface area (TPSA) is 460 Å². The van der Waals surface area contributed by atoms with Gasteiger partial charge in [-0.1, -0.05) is 106 Å². The van der Waals surface area contributed by atoms with E-state index >= 15 is 0 Å². The average Bonchev–Trinajstić information content (AvgIpc) is 0.825. The second-order valence-electron chi connectivity index (χ2n) is 27.0. The quantitative estimate of drug-likeness (QED) is 0.0232. The molecule has 0 spiro atoms. The fourth-order valence-corrected chi connectivity index (χ4v) is 11.8. The number of ketones is 1. The lowest BCUT2D eigenvalue weighted by molar-refractivity contribution is -0.234. The first-order chi connectivity index (χ1) is 44.8. The first kappa shape index (κ1) is 87.8. The van der Waals surface area contributed by atoms with Crippen molar-refractivity contribution in [3.8, 4) is 0 Å². The molecule has 2 aliphatic heterocycles. The lowest BCUT2D eigenvalue weighted by atomic mass is 9.87. The van der Waals surface area contributed by atoms with E-state index in [1.54, 1.807) is 12.2 Å². The van der Waals surface area contributed by atoms with Crippen LogP contribution in [0.5, 0.6) is 0 Å². The molecule has 24 nitrogen and oxygen atoms in total. The van der Waals surface area contributed by atoms with Crippen molar-refractivity contribution < 1.29 is 122 Å². The van der Waals surface area contributed by atoms with Gasteiger partial charge in [0.05, 0.1) is 91.6 Å². The zero-order valence-electron chi connectivity index (χ0n) is 56.1. The third-order valence-electron chi connectivity index (χ3n) is 17.9. The number of hydrogen-bond acceptors (Lipinski definition) is 24. The van der Waals surface area contributed by atoms with Gasteiger partial charge >= 0.3 is 0 Å². The fourth-order valence-electron chi connectivity index (χ4n) is 11.8. The summed E-state index contributed by atoms with van der Waals surface area (Å²) in [4.78, 5) is 12.7. The van der Waals surface area contributed by atoms with Crippen molar-refractivity contribution in [2.24, 2.45) is 11.8 Å². The zero-order chi connectivity index (χ0) is 71.4. The number of aliphatic hydroxyl groups is 21. The number of hydrogen-bond donors (Lipinski definition) is 21. The molecule has 0 aromatic rings. The maximum atomic E-state index is 12.7. The molecular weight excluding hydrogens is 1240 g/mol. The normalized spacial score (nSPS) is 27.0. The molecule has 26 atom stereocenters. The largest absolute Gasteiger partial charge is 0.394 e. The SMILES string of the molecule is C=C/C=C/CC/C=C/C=C/C=C/CC/C=C/[C@@H](O)[C@H](O)[C@@H]1O[C@@H]([C@H](O)[C@H](O)C(=C)CC[C@@H](O)[C@H]2C[C@@H](O)[C@@H](O)[C@H]([C@@H](O)[C@H](O)/C=C/CC[C@H](O)C[C@@H](O)[C@@H](O)CC[C@@H](O)[C@H](O)C[C@@H](C)CC[C@H](O)CC(=O)C[C@](C)(O)CCC[C@@H](O)CCC(C)C[C@@H](O)CO)O2)C[C@@H](O)[C@H]1O. The lowest BCUT2D eigenvalue weighted by Crippen LogP contribution is -2.59. The van der Waals surface area contributed by atoms with Crippen molar-refractivity contribution >= 4 is 5.78 Å². The summed E-state index contributed by atoms with van der Waals surface area (Å²) >= 11 is 0. The summed E-state index contributed by atoms with van der Waals surface area (Å²) < 4.78 is 11.6. The van der Waals surface area contributed by atoms with Gasteiger partial charge in [0.25, 0.3) is 0 Å². The number of rotatable bonds is 51. The molecule has 550 valence electrons. The molecule has 21 N–H and O–H groups in total. The standard InChI is InChI=1S/C71H122O24/c1-6-7-8-9-10-11-12-13-14-15-16-17-18-19-25-55(81)65(89)70-67(91)60(86)41-62(95-70)68(92)63(87)46(4)29-32-54(80)61-40-59(85)66(90)69(94-61)64(88)56(82)26-21-20-23-48(74)39-58(84)53(79)34-33-52(78)57(83)37-45(3)28-31-49(75)38-50(76)42-71(5,93)35-22-24-47(73)30-27-44(2)36-51(77)43-72/h6-8,11-16,19,21,25-26,44-45,47-49,51-70,72-75,77-93H,1,4,9-10,17-18,20,22-24,27-43H2,2-3,5H3/b8-7+,12-11+,14-13+,16-15+,25-19+,26-21+/t44?,45-,47+,48-,49-,51+,52+,53-,54+,55+,56+,57+,58+,59+,60+,61+,62+,63+,64-,65-,66+,67+,68-,69-,70-,71+/m0/s1. The van der Waals surface area contributed by atoms with Gasteiger partial charge in [0.1, 0.15) is 66.8 Å². The van der Waals surface area contributed by atoms with Crippen LogP contribution in [0.25, 0.3) is 0 Å². The van der Waals surface area contributed by atoms with Gasteiger partial charge in [-0.3, -0.25) is 4.79 Å². The van der Waals surface area contributed by atoms with Gasteiger partial charge in [0, 0.05) is 32.1 Å². The van der Waals surface area contributed by atoms with Crippen LogP contribution in [0.3, 0.4) is 0 Å². The van der Waals surface area contributed by atoms with Gasteiger partial charge in [-0.05, 0) is 146 Å². The maximum absolute atomic E-state index is 12.7. The molecule has 2 aliphatic rings. The second kappa shape index (κ2) is 47.7. The predicted molar refractivity (Wildman–Crippen MR) is 357 cm³/mol. The number of Topliss-reactive ketones (excluding diaryl/α,β-unsaturated/α-hetero) is 1. The maximum Gasteiger partial charge on any atom is 0.138 e. The highest BCUT2D eigenvalue weighted by Gasteiger charge is 2.47. The summed E-state index contributed by atoms with van der Waals surface area (Å²) in [5.41, 5.74) is -1.33. The summed E-state index contributed by atoms with van der Waals surface area (Å²) in [6.45, 7) is 12.4. The van der Waals surface area contributed by atoms with E-state index in [1.165, 1.54) is 19.1 Å². The third-order valence-corrected chi connectivity index (χ3v) is 17.9. The molecule has 0 saturated carbocycles. The van der Waals surface area contributed by atoms with Crippen LogP contribution in [-0.4, -0.2) is 266 Å². The van der Waals surface area contributed by atoms with Crippen LogP contribution in [0.15, 0.2) is 97.7 Å². The molecule has 0 amide bonds. The van der Waals surface area contributed by atoms with E-state index in [4.69, 9.17) is 14.6 Å². The molecule has 0 aromatic heterocycles. The number of allylic oxidation sites excluding steroid dienone is 11.